The predicted molar refractivity (Wildman–Crippen MR) is 65.1 cm³/mol. The van der Waals surface area contributed by atoms with Gasteiger partial charge < -0.3 is 5.73 Å². The molecule has 1 aliphatic rings. The van der Waals surface area contributed by atoms with Crippen LogP contribution < -0.4 is 10.5 Å². The second kappa shape index (κ2) is 4.76. The van der Waals surface area contributed by atoms with E-state index in [9.17, 15) is 8.42 Å². The molecule has 0 heterocycles. The van der Waals surface area contributed by atoms with Gasteiger partial charge in [-0.05, 0) is 26.7 Å². The number of sulfonamides is 1. The van der Waals surface area contributed by atoms with Crippen molar-refractivity contribution < 1.29 is 8.42 Å². The molecule has 1 aliphatic carbocycles. The second-order valence-electron chi connectivity index (χ2n) is 4.26. The van der Waals surface area contributed by atoms with Crippen molar-refractivity contribution in [2.24, 2.45) is 11.7 Å². The van der Waals surface area contributed by atoms with Gasteiger partial charge in [0.2, 0.25) is 10.0 Å². The molecule has 1 fully saturated rings. The summed E-state index contributed by atoms with van der Waals surface area (Å²) in [6, 6.07) is -0.102. The Bertz CT molecular complexity index is 338. The summed E-state index contributed by atoms with van der Waals surface area (Å²) in [7, 11) is -3.21. The van der Waals surface area contributed by atoms with Gasteiger partial charge in [-0.15, -0.1) is 0 Å². The third-order valence-electron chi connectivity index (χ3n) is 2.82. The molecule has 2 atom stereocenters. The fraction of sp³-hybridized carbons (Fsp3) is 0.889. The van der Waals surface area contributed by atoms with E-state index in [1.165, 1.54) is 0 Å². The molecule has 88 valence electrons. The van der Waals surface area contributed by atoms with Gasteiger partial charge >= 0.3 is 0 Å². The van der Waals surface area contributed by atoms with Crippen molar-refractivity contribution in [3.63, 3.8) is 0 Å². The lowest BCUT2D eigenvalue weighted by Crippen LogP contribution is -2.44. The van der Waals surface area contributed by atoms with Crippen LogP contribution in [0.25, 0.3) is 0 Å². The van der Waals surface area contributed by atoms with Crippen molar-refractivity contribution in [1.82, 2.24) is 4.72 Å². The summed E-state index contributed by atoms with van der Waals surface area (Å²) in [6.45, 7) is 3.32. The number of nitrogens with two attached hydrogens (primary N) is 1. The minimum atomic E-state index is -3.21. The average Bonchev–Trinajstić information content (AvgIpc) is 2.51. The minimum absolute atomic E-state index is 0.0218. The Morgan fingerprint density at radius 1 is 1.47 bits per heavy atom. The summed E-state index contributed by atoms with van der Waals surface area (Å²) in [6.07, 6.45) is 2.70. The zero-order valence-corrected chi connectivity index (χ0v) is 10.7. The molecule has 15 heavy (non-hydrogen) atoms. The largest absolute Gasteiger partial charge is 0.393 e. The van der Waals surface area contributed by atoms with E-state index < -0.39 is 15.3 Å². The van der Waals surface area contributed by atoms with Gasteiger partial charge in [-0.2, -0.15) is 0 Å². The molecule has 1 saturated carbocycles. The van der Waals surface area contributed by atoms with E-state index in [2.05, 4.69) is 4.72 Å². The standard InChI is InChI=1S/C9H18N2O2S2/c1-6(2)15(12,13)11-8-5-3-4-7(8)9(10)14/h6-8,11H,3-5H2,1-2H3,(H2,10,14). The summed E-state index contributed by atoms with van der Waals surface area (Å²) in [5.74, 6) is 0.0218. The molecule has 3 N–H and O–H groups in total. The van der Waals surface area contributed by atoms with E-state index >= 15 is 0 Å². The highest BCUT2D eigenvalue weighted by Crippen LogP contribution is 2.26. The monoisotopic (exact) mass is 250 g/mol. The minimum Gasteiger partial charge on any atom is -0.393 e. The van der Waals surface area contributed by atoms with Crippen LogP contribution in [0, 0.1) is 5.92 Å². The number of thiocarbonyl (C=S) groups is 1. The van der Waals surface area contributed by atoms with E-state index in [1.807, 2.05) is 0 Å². The molecule has 0 aromatic heterocycles. The first-order valence-electron chi connectivity index (χ1n) is 5.15. The zero-order valence-electron chi connectivity index (χ0n) is 9.06. The number of hydrogen-bond donors (Lipinski definition) is 2. The van der Waals surface area contributed by atoms with Crippen LogP contribution in [0.2, 0.25) is 0 Å². The number of nitrogens with one attached hydrogen (secondary N) is 1. The van der Waals surface area contributed by atoms with Gasteiger partial charge in [0.05, 0.1) is 10.2 Å². The number of rotatable bonds is 4. The van der Waals surface area contributed by atoms with Crippen LogP contribution in [-0.4, -0.2) is 24.7 Å². The molecule has 0 spiro atoms. The Morgan fingerprint density at radius 2 is 2.07 bits per heavy atom. The van der Waals surface area contributed by atoms with Gasteiger partial charge in [-0.1, -0.05) is 18.6 Å². The first-order valence-corrected chi connectivity index (χ1v) is 7.10. The molecule has 0 amide bonds. The third-order valence-corrected chi connectivity index (χ3v) is 4.99. The Balaban J connectivity index is 2.70. The first kappa shape index (κ1) is 12.9. The van der Waals surface area contributed by atoms with E-state index in [0.29, 0.717) is 4.99 Å². The van der Waals surface area contributed by atoms with Gasteiger partial charge in [-0.3, -0.25) is 0 Å². The maximum atomic E-state index is 11.7. The lowest BCUT2D eigenvalue weighted by molar-refractivity contribution is 0.519. The maximum absolute atomic E-state index is 11.7. The van der Waals surface area contributed by atoms with Gasteiger partial charge in [-0.25, -0.2) is 13.1 Å². The summed E-state index contributed by atoms with van der Waals surface area (Å²) < 4.78 is 26.0. The lowest BCUT2D eigenvalue weighted by atomic mass is 10.1. The lowest BCUT2D eigenvalue weighted by Gasteiger charge is -2.21. The van der Waals surface area contributed by atoms with Crippen LogP contribution in [-0.2, 0) is 10.0 Å². The molecular weight excluding hydrogens is 232 g/mol. The van der Waals surface area contributed by atoms with Gasteiger partial charge in [0.1, 0.15) is 0 Å². The SMILES string of the molecule is CC(C)S(=O)(=O)NC1CCCC1C(N)=S. The Kier molecular flexibility index (Phi) is 4.08. The van der Waals surface area contributed by atoms with Crippen molar-refractivity contribution >= 4 is 27.2 Å². The molecule has 0 radical (unpaired) electrons. The molecule has 0 aromatic carbocycles. The van der Waals surface area contributed by atoms with Crippen molar-refractivity contribution in [3.05, 3.63) is 0 Å². The van der Waals surface area contributed by atoms with Crippen LogP contribution in [0.3, 0.4) is 0 Å². The summed E-state index contributed by atoms with van der Waals surface area (Å²) in [5.41, 5.74) is 5.58. The smallest absolute Gasteiger partial charge is 0.214 e. The third kappa shape index (κ3) is 3.12. The Morgan fingerprint density at radius 3 is 2.53 bits per heavy atom. The fourth-order valence-electron chi connectivity index (χ4n) is 1.79. The Labute approximate surface area is 96.7 Å². The molecule has 6 heteroatoms. The van der Waals surface area contributed by atoms with Gasteiger partial charge in [0.15, 0.2) is 0 Å². The van der Waals surface area contributed by atoms with Crippen LogP contribution >= 0.6 is 12.2 Å². The van der Waals surface area contributed by atoms with Crippen LogP contribution in [0.5, 0.6) is 0 Å². The zero-order chi connectivity index (χ0) is 11.6. The van der Waals surface area contributed by atoms with Gasteiger partial charge in [0.25, 0.3) is 0 Å². The summed E-state index contributed by atoms with van der Waals surface area (Å²) in [4.78, 5) is 0.420. The highest BCUT2D eigenvalue weighted by atomic mass is 32.2. The van der Waals surface area contributed by atoms with E-state index in [4.69, 9.17) is 18.0 Å². The highest BCUT2D eigenvalue weighted by molar-refractivity contribution is 7.90. The van der Waals surface area contributed by atoms with E-state index in [1.54, 1.807) is 13.8 Å². The van der Waals surface area contributed by atoms with Crippen LogP contribution in [0.4, 0.5) is 0 Å². The first-order chi connectivity index (χ1) is 6.84. The molecule has 0 aromatic rings. The maximum Gasteiger partial charge on any atom is 0.214 e. The normalized spacial score (nSPS) is 27.1. The average molecular weight is 250 g/mol. The topological polar surface area (TPSA) is 72.2 Å². The fourth-order valence-corrected chi connectivity index (χ4v) is 3.05. The van der Waals surface area contributed by atoms with Crippen LogP contribution in [0.1, 0.15) is 33.1 Å². The van der Waals surface area contributed by atoms with E-state index in [0.717, 1.165) is 19.3 Å². The van der Waals surface area contributed by atoms with Gasteiger partial charge in [0, 0.05) is 12.0 Å². The van der Waals surface area contributed by atoms with Crippen molar-refractivity contribution in [3.8, 4) is 0 Å². The van der Waals surface area contributed by atoms with E-state index in [-0.39, 0.29) is 12.0 Å². The molecule has 1 rings (SSSR count). The van der Waals surface area contributed by atoms with Crippen molar-refractivity contribution in [1.29, 1.82) is 0 Å². The summed E-state index contributed by atoms with van der Waals surface area (Å²) >= 11 is 4.93. The molecular formula is C9H18N2O2S2. The van der Waals surface area contributed by atoms with Crippen LogP contribution in [0.15, 0.2) is 0 Å². The Hall–Kier alpha value is -0.200. The quantitative estimate of drug-likeness (QED) is 0.723. The van der Waals surface area contributed by atoms with Crippen molar-refractivity contribution in [2.75, 3.05) is 0 Å². The molecule has 0 saturated heterocycles. The predicted octanol–water partition coefficient (Wildman–Crippen LogP) is 0.769. The molecule has 0 aliphatic heterocycles. The molecule has 0 bridgehead atoms. The highest BCUT2D eigenvalue weighted by Gasteiger charge is 2.33. The molecule has 4 nitrogen and oxygen atoms in total. The summed E-state index contributed by atoms with van der Waals surface area (Å²) in [5, 5.41) is -0.412. The second-order valence-corrected chi connectivity index (χ2v) is 7.00. The van der Waals surface area contributed by atoms with Crippen molar-refractivity contribution in [2.45, 2.75) is 44.4 Å². The number of hydrogen-bond acceptors (Lipinski definition) is 3. The molecule has 2 unspecified atom stereocenters.